The first-order valence-corrected chi connectivity index (χ1v) is 6.98. The van der Waals surface area contributed by atoms with E-state index in [-0.39, 0.29) is 11.7 Å². The Hall–Kier alpha value is -1.35. The number of nitrogens with one attached hydrogen (secondary N) is 1. The number of nitrogens with zero attached hydrogens (tertiary/aromatic N) is 2. The summed E-state index contributed by atoms with van der Waals surface area (Å²) in [4.78, 5) is 21.9. The van der Waals surface area contributed by atoms with Gasteiger partial charge in [0.25, 0.3) is 5.30 Å². The summed E-state index contributed by atoms with van der Waals surface area (Å²) < 4.78 is 4.98. The summed E-state index contributed by atoms with van der Waals surface area (Å²) >= 11 is 1.01. The van der Waals surface area contributed by atoms with Crippen LogP contribution in [0, 0.1) is 0 Å². The van der Waals surface area contributed by atoms with Crippen molar-refractivity contribution in [3.8, 4) is 0 Å². The van der Waals surface area contributed by atoms with Crippen LogP contribution in [0.5, 0.6) is 0 Å². The summed E-state index contributed by atoms with van der Waals surface area (Å²) in [6.07, 6.45) is -0.639. The predicted octanol–water partition coefficient (Wildman–Crippen LogP) is 0.447. The Balaban J connectivity index is 2.70. The maximum Gasteiger partial charge on any atom is 0.413 e. The Morgan fingerprint density at radius 1 is 1.47 bits per heavy atom. The first kappa shape index (κ1) is 13.7. The van der Waals surface area contributed by atoms with E-state index in [2.05, 4.69) is 20.3 Å². The number of anilines is 1. The molecule has 0 spiro atoms. The van der Waals surface area contributed by atoms with Crippen LogP contribution in [0.3, 0.4) is 0 Å². The van der Waals surface area contributed by atoms with Crippen LogP contribution in [0.15, 0.2) is 4.34 Å². The Labute approximate surface area is 105 Å². The molecule has 0 aromatic carbocycles. The summed E-state index contributed by atoms with van der Waals surface area (Å²) in [5.41, 5.74) is 0. The normalized spacial score (nSPS) is 11.9. The molecule has 0 aliphatic heterocycles. The van der Waals surface area contributed by atoms with Gasteiger partial charge in [0.1, 0.15) is 16.6 Å². The van der Waals surface area contributed by atoms with Gasteiger partial charge in [-0.1, -0.05) is 5.10 Å². The molecule has 1 N–H and O–H groups in total. The Morgan fingerprint density at radius 3 is 2.71 bits per heavy atom. The topological polar surface area (TPSA) is 104 Å². The molecule has 0 saturated heterocycles. The Bertz CT molecular complexity index is 409. The molecular weight excluding hydrogens is 266 g/mol. The molecule has 17 heavy (non-hydrogen) atoms. The van der Waals surface area contributed by atoms with E-state index >= 15 is 0 Å². The van der Waals surface area contributed by atoms with Crippen LogP contribution >= 0.6 is 11.3 Å². The molecule has 9 heteroatoms. The molecule has 1 unspecified atom stereocenters. The van der Waals surface area contributed by atoms with Crippen LogP contribution in [0.25, 0.3) is 0 Å². The largest absolute Gasteiger partial charge is 0.504 e. The van der Waals surface area contributed by atoms with Gasteiger partial charge in [-0.2, -0.15) is 0 Å². The maximum atomic E-state index is 11.1. The van der Waals surface area contributed by atoms with Gasteiger partial charge in [-0.05, 0) is 25.2 Å². The zero-order valence-corrected chi connectivity index (χ0v) is 10.9. The second kappa shape index (κ2) is 6.40. The number of hydrogen-bond acceptors (Lipinski definition) is 7. The van der Waals surface area contributed by atoms with Gasteiger partial charge in [0, 0.05) is 0 Å². The number of rotatable bonds is 4. The second-order valence-corrected chi connectivity index (χ2v) is 5.96. The molecule has 0 aliphatic carbocycles. The zero-order valence-electron chi connectivity index (χ0n) is 9.26. The quantitative estimate of drug-likeness (QED) is 0.632. The fraction of sp³-hybridized carbons (Fsp3) is 0.500. The number of carboxylic acid groups (broad SMARTS) is 1. The lowest BCUT2D eigenvalue weighted by Gasteiger charge is -2.00. The van der Waals surface area contributed by atoms with Gasteiger partial charge in [0.05, 0.1) is 6.61 Å². The highest BCUT2D eigenvalue weighted by Gasteiger charge is 2.28. The number of ether oxygens (including phenoxy) is 1. The third-order valence-electron chi connectivity index (χ3n) is 1.59. The van der Waals surface area contributed by atoms with E-state index in [1.165, 1.54) is 0 Å². The van der Waals surface area contributed by atoms with E-state index in [1.54, 1.807) is 13.8 Å². The Kier molecular flexibility index (Phi) is 5.16. The summed E-state index contributed by atoms with van der Waals surface area (Å²) in [7, 11) is -1.09. The molecule has 0 saturated carbocycles. The van der Waals surface area contributed by atoms with Gasteiger partial charge in [0.15, 0.2) is 0 Å². The number of hydrogen-bond donors (Lipinski definition) is 1. The average molecular weight is 277 g/mol. The van der Waals surface area contributed by atoms with Gasteiger partial charge in [-0.25, -0.2) is 4.79 Å². The Morgan fingerprint density at radius 2 is 2.18 bits per heavy atom. The van der Waals surface area contributed by atoms with Crippen LogP contribution in [0.2, 0.25) is 0 Å². The third-order valence-corrected chi connectivity index (χ3v) is 4.56. The van der Waals surface area contributed by atoms with Crippen LogP contribution in [-0.2, 0) is 15.6 Å². The van der Waals surface area contributed by atoms with Gasteiger partial charge in [-0.15, -0.1) is 5.10 Å². The molecule has 0 fully saturated rings. The third kappa shape index (κ3) is 3.86. The molecule has 7 nitrogen and oxygen atoms in total. The van der Waals surface area contributed by atoms with E-state index in [0.29, 0.717) is 10.1 Å². The van der Waals surface area contributed by atoms with Crippen molar-refractivity contribution in [2.75, 3.05) is 17.7 Å². The van der Waals surface area contributed by atoms with Crippen molar-refractivity contribution in [3.63, 3.8) is 0 Å². The number of aromatic nitrogens is 2. The van der Waals surface area contributed by atoms with Crippen molar-refractivity contribution in [3.05, 3.63) is 0 Å². The summed E-state index contributed by atoms with van der Waals surface area (Å²) in [5, 5.41) is 19.6. The summed E-state index contributed by atoms with van der Waals surface area (Å²) in [5.74, 6) is 0.385. The number of carbonyl (C=O) groups is 2. The van der Waals surface area contributed by atoms with Crippen molar-refractivity contribution in [2.45, 2.75) is 18.2 Å². The van der Waals surface area contributed by atoms with Gasteiger partial charge in [-0.3, -0.25) is 5.32 Å². The molecular formula is C8H11N3O4S2. The molecule has 0 aliphatic rings. The van der Waals surface area contributed by atoms with E-state index in [9.17, 15) is 14.7 Å². The molecule has 1 aromatic heterocycles. The van der Waals surface area contributed by atoms with Crippen LogP contribution in [0.1, 0.15) is 13.8 Å². The fourth-order valence-electron chi connectivity index (χ4n) is 0.927. The first-order chi connectivity index (χ1) is 8.08. The lowest BCUT2D eigenvalue weighted by molar-refractivity contribution is -0.233. The average Bonchev–Trinajstić information content (AvgIpc) is 2.67. The molecule has 0 bridgehead atoms. The van der Waals surface area contributed by atoms with E-state index in [0.717, 1.165) is 11.3 Å². The molecule has 1 rings (SSSR count). The molecule has 1 atom stereocenters. The van der Waals surface area contributed by atoms with Crippen molar-refractivity contribution in [1.82, 2.24) is 10.2 Å². The lowest BCUT2D eigenvalue weighted by atomic mass is 10.9. The predicted molar refractivity (Wildman–Crippen MR) is 62.1 cm³/mol. The van der Waals surface area contributed by atoms with Crippen molar-refractivity contribution in [2.24, 2.45) is 0 Å². The lowest BCUT2D eigenvalue weighted by Crippen LogP contribution is -2.31. The minimum Gasteiger partial charge on any atom is -0.504 e. The van der Waals surface area contributed by atoms with Crippen LogP contribution in [-0.4, -0.2) is 34.0 Å². The highest BCUT2D eigenvalue weighted by Crippen LogP contribution is 2.22. The molecule has 94 valence electrons. The smallest absolute Gasteiger partial charge is 0.413 e. The van der Waals surface area contributed by atoms with Gasteiger partial charge >= 0.3 is 10.4 Å². The minimum absolute atomic E-state index is 0.214. The summed E-state index contributed by atoms with van der Waals surface area (Å²) in [6.45, 7) is 3.64. The molecule has 1 heterocycles. The monoisotopic (exact) mass is 277 g/mol. The molecule has 1 aromatic rings. The van der Waals surface area contributed by atoms with Crippen LogP contribution in [0.4, 0.5) is 14.7 Å². The maximum absolute atomic E-state index is 11.1. The second-order valence-electron chi connectivity index (χ2n) is 2.65. The zero-order chi connectivity index (χ0) is 12.8. The molecule has 1 amide bonds. The highest BCUT2D eigenvalue weighted by atomic mass is 32.2. The molecule has 0 radical (unpaired) electrons. The van der Waals surface area contributed by atoms with E-state index in [1.807, 2.05) is 0 Å². The summed E-state index contributed by atoms with van der Waals surface area (Å²) in [6, 6.07) is 0. The highest BCUT2D eigenvalue weighted by molar-refractivity contribution is 8.11. The minimum atomic E-state index is -1.17. The first-order valence-electron chi connectivity index (χ1n) is 4.77. The van der Waals surface area contributed by atoms with Crippen LogP contribution < -0.4 is 10.4 Å². The van der Waals surface area contributed by atoms with Crippen molar-refractivity contribution < 1.29 is 19.4 Å². The van der Waals surface area contributed by atoms with Crippen molar-refractivity contribution >= 4 is 38.8 Å². The fourth-order valence-corrected chi connectivity index (χ4v) is 3.35. The van der Waals surface area contributed by atoms with E-state index in [4.69, 9.17) is 0 Å². The number of amides is 1. The van der Waals surface area contributed by atoms with E-state index < -0.39 is 22.3 Å². The SMILES string of the molecule is CCOC(=O)Nc1nnc([S+](CC)C(=O)[O-])s1. The van der Waals surface area contributed by atoms with Gasteiger partial charge < -0.3 is 14.6 Å². The standard InChI is InChI=1S/C8H11N3O4S2/c1-3-15-6(12)9-5-10-11-7(16-5)17(4-2)8(13)14/h3-4H2,1-2H3,(H-,9,10,12,13,14). The van der Waals surface area contributed by atoms with Crippen molar-refractivity contribution in [1.29, 1.82) is 0 Å². The number of carbonyl (C=O) groups excluding carboxylic acids is 2. The van der Waals surface area contributed by atoms with Gasteiger partial charge in [0.2, 0.25) is 5.13 Å².